The van der Waals surface area contributed by atoms with Crippen molar-refractivity contribution in [1.29, 1.82) is 0 Å². The third-order valence-electron chi connectivity index (χ3n) is 18.0. The Morgan fingerprint density at radius 3 is 0.889 bits per heavy atom. The second-order valence-electron chi connectivity index (χ2n) is 35.2. The van der Waals surface area contributed by atoms with Crippen molar-refractivity contribution in [3.8, 4) is 0 Å². The minimum absolute atomic E-state index is 0.136. The number of rotatable bonds is 8. The van der Waals surface area contributed by atoms with Crippen molar-refractivity contribution in [1.82, 2.24) is 0 Å². The summed E-state index contributed by atoms with van der Waals surface area (Å²) < 4.78 is 33.9. The van der Waals surface area contributed by atoms with Crippen LogP contribution in [0, 0.1) is 43.9 Å². The summed E-state index contributed by atoms with van der Waals surface area (Å²) in [7, 11) is 0. The molecule has 452 valence electrons. The molecule has 6 nitrogen and oxygen atoms in total. The molecule has 0 aromatic heterocycles. The topological polar surface area (TPSA) is 77.4 Å². The third-order valence-corrected chi connectivity index (χ3v) is 18.0. The van der Waals surface area contributed by atoms with E-state index in [1.807, 2.05) is 13.8 Å². The molecule has 2 atom stereocenters. The van der Waals surface area contributed by atoms with Crippen LogP contribution in [0.2, 0.25) is 0 Å². The molecule has 2 saturated heterocycles. The molecule has 2 fully saturated rings. The Morgan fingerprint density at radius 1 is 0.383 bits per heavy atom. The van der Waals surface area contributed by atoms with E-state index < -0.39 is 83.3 Å². The first kappa shape index (κ1) is 66.8. The molecule has 0 amide bonds. The van der Waals surface area contributed by atoms with Gasteiger partial charge in [-0.2, -0.15) is 0 Å². The molecule has 4 aromatic rings. The highest BCUT2D eigenvalue weighted by Crippen LogP contribution is 2.72. The number of benzene rings is 4. The fraction of sp³-hybridized carbons (Fsp3) is 0.680. The molecule has 0 saturated carbocycles. The van der Waals surface area contributed by atoms with Crippen LogP contribution in [-0.4, -0.2) is 42.9 Å². The first-order valence-corrected chi connectivity index (χ1v) is 30.7. The van der Waals surface area contributed by atoms with Gasteiger partial charge in [0.25, 0.3) is 0 Å². The van der Waals surface area contributed by atoms with Crippen molar-refractivity contribution in [3.63, 3.8) is 0 Å². The van der Waals surface area contributed by atoms with Gasteiger partial charge in [0.1, 0.15) is 11.7 Å². The zero-order valence-corrected chi connectivity index (χ0v) is 57.6. The molecule has 2 N–H and O–H groups in total. The van der Waals surface area contributed by atoms with Crippen LogP contribution in [-0.2, 0) is 73.7 Å². The van der Waals surface area contributed by atoms with Crippen LogP contribution in [0.15, 0.2) is 48.5 Å². The Bertz CT molecular complexity index is 2750. The van der Waals surface area contributed by atoms with Gasteiger partial charge < -0.3 is 29.2 Å². The Balaban J connectivity index is 2.31. The summed E-state index contributed by atoms with van der Waals surface area (Å²) in [5.74, 6) is -1.74. The number of aryl methyl sites for hydroxylation is 4. The van der Waals surface area contributed by atoms with Gasteiger partial charge in [0, 0.05) is 16.4 Å². The summed E-state index contributed by atoms with van der Waals surface area (Å²) >= 11 is 0. The van der Waals surface area contributed by atoms with E-state index >= 15 is 0 Å². The summed E-state index contributed by atoms with van der Waals surface area (Å²) in [5.41, 5.74) is 9.95. The SMILES string of the molecule is Cc1cc(C(C)(C)C)c(C2OC(c3c(C(C)(C)C)cc(C)cc3C(C)(C)C)(C(C)(C)CO)OC(c3c(C(C)(C)C)cc(C)cc3C(C)(C)C)(c3c(C(C)(C)C)cc(C)cc3C(C)(C)C)C23COC(C(C)(C)CO)OC3)c(C(C)(C)C)c1. The van der Waals surface area contributed by atoms with Gasteiger partial charge in [-0.1, -0.05) is 265 Å². The number of hydrogen-bond acceptors (Lipinski definition) is 6. The van der Waals surface area contributed by atoms with Crippen molar-refractivity contribution >= 4 is 0 Å². The molecule has 6 heteroatoms. The van der Waals surface area contributed by atoms with Gasteiger partial charge in [0.2, 0.25) is 5.79 Å². The highest BCUT2D eigenvalue weighted by molar-refractivity contribution is 5.63. The van der Waals surface area contributed by atoms with Crippen molar-refractivity contribution in [3.05, 3.63) is 138 Å². The zero-order valence-electron chi connectivity index (χ0n) is 57.6. The zero-order chi connectivity index (χ0) is 62.2. The molecule has 2 unspecified atom stereocenters. The molecule has 6 rings (SSSR count). The lowest BCUT2D eigenvalue weighted by molar-refractivity contribution is -0.464. The van der Waals surface area contributed by atoms with E-state index in [9.17, 15) is 14.9 Å². The maximum atomic E-state index is 12.9. The minimum atomic E-state index is -1.74. The van der Waals surface area contributed by atoms with Gasteiger partial charge in [-0.05, 0) is 132 Å². The number of hydrogen-bond donors (Lipinski definition) is 2. The van der Waals surface area contributed by atoms with Gasteiger partial charge in [-0.3, -0.25) is 0 Å². The van der Waals surface area contributed by atoms with Crippen LogP contribution in [0.5, 0.6) is 0 Å². The quantitative estimate of drug-likeness (QED) is 0.183. The minimum Gasteiger partial charge on any atom is -0.396 e. The number of aliphatic hydroxyl groups is 2. The molecule has 0 radical (unpaired) electrons. The largest absolute Gasteiger partial charge is 0.396 e. The average molecular weight is 1110 g/mol. The van der Waals surface area contributed by atoms with Gasteiger partial charge in [-0.15, -0.1) is 0 Å². The summed E-state index contributed by atoms with van der Waals surface area (Å²) in [4.78, 5) is 0. The van der Waals surface area contributed by atoms with Crippen molar-refractivity contribution in [2.45, 2.75) is 289 Å². The Kier molecular flexibility index (Phi) is 17.3. The number of aliphatic hydroxyl groups excluding tert-OH is 2. The molecule has 81 heavy (non-hydrogen) atoms. The smallest absolute Gasteiger partial charge is 0.204 e. The standard InChI is InChI=1S/C75H116O6/c1-45-33-49(63(5,6)7)57(50(34-45)64(8,9)10)61-73(43-78-62(79-44-73)71(29,30)41-76)74(58-51(65(11,12)13)35-46(2)36-52(58)66(14,15)16,59-53(67(17,18)19)37-47(3)38-54(59)68(20,21)22)81-75(80-61,72(31,32)42-77)60-55(69(23,24)25)39-48(4)40-56(60)70(26,27)28/h33-40,61-62,76-77H,41-44H2,1-32H3. The van der Waals surface area contributed by atoms with Gasteiger partial charge >= 0.3 is 0 Å². The summed E-state index contributed by atoms with van der Waals surface area (Å²) in [6.45, 7) is 73.6. The van der Waals surface area contributed by atoms with Crippen LogP contribution in [0.4, 0.5) is 0 Å². The fourth-order valence-electron chi connectivity index (χ4n) is 13.5. The first-order valence-electron chi connectivity index (χ1n) is 30.7. The van der Waals surface area contributed by atoms with E-state index in [2.05, 4.69) is 256 Å². The van der Waals surface area contributed by atoms with Crippen LogP contribution in [0.25, 0.3) is 0 Å². The second kappa shape index (κ2) is 21.0. The van der Waals surface area contributed by atoms with Crippen LogP contribution < -0.4 is 0 Å². The Hall–Kier alpha value is -3.36. The molecule has 0 bridgehead atoms. The number of ether oxygens (including phenoxy) is 4. The third kappa shape index (κ3) is 11.9. The Labute approximate surface area is 495 Å². The van der Waals surface area contributed by atoms with Gasteiger partial charge in [0.15, 0.2) is 6.29 Å². The maximum Gasteiger partial charge on any atom is 0.204 e. The highest BCUT2D eigenvalue weighted by atomic mass is 16.7. The van der Waals surface area contributed by atoms with Gasteiger partial charge in [-0.25, -0.2) is 0 Å². The molecule has 2 heterocycles. The average Bonchev–Trinajstić information content (AvgIpc) is 3.28. The molecule has 2 aliphatic heterocycles. The lowest BCUT2D eigenvalue weighted by Crippen LogP contribution is -2.72. The molecule has 1 spiro atoms. The van der Waals surface area contributed by atoms with E-state index in [0.29, 0.717) is 0 Å². The van der Waals surface area contributed by atoms with E-state index in [4.69, 9.17) is 14.2 Å². The lowest BCUT2D eigenvalue weighted by Gasteiger charge is -2.68. The van der Waals surface area contributed by atoms with Crippen molar-refractivity contribution in [2.75, 3.05) is 26.4 Å². The predicted octanol–water partition coefficient (Wildman–Crippen LogP) is 18.6. The lowest BCUT2D eigenvalue weighted by atomic mass is 9.51. The van der Waals surface area contributed by atoms with Crippen LogP contribution in [0.1, 0.15) is 289 Å². The first-order chi connectivity index (χ1) is 36.2. The molecule has 0 aliphatic carbocycles. The van der Waals surface area contributed by atoms with Crippen molar-refractivity contribution in [2.24, 2.45) is 16.2 Å². The van der Waals surface area contributed by atoms with Crippen molar-refractivity contribution < 1.29 is 29.2 Å². The molecule has 4 aromatic carbocycles. The monoisotopic (exact) mass is 1110 g/mol. The Morgan fingerprint density at radius 2 is 0.642 bits per heavy atom. The molecular weight excluding hydrogens is 997 g/mol. The molecular formula is C75H116O6. The van der Waals surface area contributed by atoms with Crippen LogP contribution >= 0.6 is 0 Å². The summed E-state index contributed by atoms with van der Waals surface area (Å²) in [6, 6.07) is 19.3. The maximum absolute atomic E-state index is 12.9. The second-order valence-corrected chi connectivity index (χ2v) is 35.2. The van der Waals surface area contributed by atoms with E-state index in [1.165, 1.54) is 50.1 Å². The van der Waals surface area contributed by atoms with E-state index in [0.717, 1.165) is 38.9 Å². The molecule has 2 aliphatic rings. The normalized spacial score (nSPS) is 22.2. The summed E-state index contributed by atoms with van der Waals surface area (Å²) in [5, 5.41) is 24.2. The van der Waals surface area contributed by atoms with Gasteiger partial charge in [0.05, 0.1) is 31.8 Å². The van der Waals surface area contributed by atoms with Crippen LogP contribution in [0.3, 0.4) is 0 Å². The predicted molar refractivity (Wildman–Crippen MR) is 342 cm³/mol. The highest BCUT2D eigenvalue weighted by Gasteiger charge is 2.75. The fourth-order valence-corrected chi connectivity index (χ4v) is 13.5. The van der Waals surface area contributed by atoms with E-state index in [-0.39, 0.29) is 26.4 Å². The summed E-state index contributed by atoms with van der Waals surface area (Å²) in [6.07, 6.45) is -1.62. The van der Waals surface area contributed by atoms with E-state index in [1.54, 1.807) is 0 Å².